The van der Waals surface area contributed by atoms with Crippen LogP contribution in [0.15, 0.2) is 34.1 Å². The first kappa shape index (κ1) is 15.3. The molecular weight excluding hydrogens is 365 g/mol. The summed E-state index contributed by atoms with van der Waals surface area (Å²) in [6.45, 7) is 3.02. The van der Waals surface area contributed by atoms with Crippen molar-refractivity contribution in [2.75, 3.05) is 6.54 Å². The van der Waals surface area contributed by atoms with Crippen molar-refractivity contribution >= 4 is 50.5 Å². The van der Waals surface area contributed by atoms with Crippen LogP contribution in [0.2, 0.25) is 10.0 Å². The molecule has 2 aromatic rings. The van der Waals surface area contributed by atoms with E-state index in [0.717, 1.165) is 26.8 Å². The van der Waals surface area contributed by atoms with E-state index in [2.05, 4.69) is 34.2 Å². The first-order chi connectivity index (χ1) is 9.10. The van der Waals surface area contributed by atoms with Gasteiger partial charge in [0.1, 0.15) is 0 Å². The second-order valence-corrected chi connectivity index (χ2v) is 7.46. The van der Waals surface area contributed by atoms with Gasteiger partial charge in [0, 0.05) is 15.9 Å². The second-order valence-electron chi connectivity index (χ2n) is 4.21. The predicted octanol–water partition coefficient (Wildman–Crippen LogP) is 5.71. The van der Waals surface area contributed by atoms with Gasteiger partial charge in [-0.15, -0.1) is 11.3 Å². The van der Waals surface area contributed by atoms with Gasteiger partial charge in [-0.1, -0.05) is 42.3 Å². The molecule has 0 spiro atoms. The molecule has 1 heterocycles. The zero-order valence-electron chi connectivity index (χ0n) is 10.4. The molecule has 0 saturated heterocycles. The van der Waals surface area contributed by atoms with Crippen LogP contribution >= 0.6 is 50.5 Å². The number of hydrogen-bond acceptors (Lipinski definition) is 2. The Morgan fingerprint density at radius 2 is 2.11 bits per heavy atom. The number of rotatable bonds is 5. The summed E-state index contributed by atoms with van der Waals surface area (Å²) in [6.07, 6.45) is 0.900. The van der Waals surface area contributed by atoms with Gasteiger partial charge >= 0.3 is 0 Å². The number of likely N-dealkylation sites (N-methyl/N-ethyl adjacent to an activating group) is 1. The molecule has 1 aromatic heterocycles. The predicted molar refractivity (Wildman–Crippen MR) is 88.6 cm³/mol. The maximum absolute atomic E-state index is 6.12. The summed E-state index contributed by atoms with van der Waals surface area (Å²) in [6, 6.07) is 10.3. The van der Waals surface area contributed by atoms with Gasteiger partial charge in [0.05, 0.1) is 8.81 Å². The van der Waals surface area contributed by atoms with Crippen molar-refractivity contribution in [1.29, 1.82) is 0 Å². The molecule has 0 bridgehead atoms. The molecule has 0 fully saturated rings. The van der Waals surface area contributed by atoms with E-state index in [9.17, 15) is 0 Å². The Labute approximate surface area is 136 Å². The highest BCUT2D eigenvalue weighted by atomic mass is 79.9. The Morgan fingerprint density at radius 1 is 1.32 bits per heavy atom. The van der Waals surface area contributed by atoms with E-state index < -0.39 is 0 Å². The van der Waals surface area contributed by atoms with E-state index in [0.29, 0.717) is 0 Å². The van der Waals surface area contributed by atoms with Crippen LogP contribution in [0.5, 0.6) is 0 Å². The van der Waals surface area contributed by atoms with E-state index in [-0.39, 0.29) is 6.04 Å². The topological polar surface area (TPSA) is 12.0 Å². The summed E-state index contributed by atoms with van der Waals surface area (Å²) in [5.41, 5.74) is 1.22. The highest BCUT2D eigenvalue weighted by molar-refractivity contribution is 9.11. The van der Waals surface area contributed by atoms with Crippen molar-refractivity contribution in [2.45, 2.75) is 19.4 Å². The van der Waals surface area contributed by atoms with E-state index in [1.54, 1.807) is 11.3 Å². The zero-order valence-corrected chi connectivity index (χ0v) is 14.3. The van der Waals surface area contributed by atoms with Crippen molar-refractivity contribution in [3.05, 3.63) is 54.6 Å². The zero-order chi connectivity index (χ0) is 13.8. The maximum atomic E-state index is 6.12. The summed E-state index contributed by atoms with van der Waals surface area (Å²) in [4.78, 5) is 1.23. The van der Waals surface area contributed by atoms with Crippen LogP contribution in [0, 0.1) is 0 Å². The van der Waals surface area contributed by atoms with Gasteiger partial charge in [-0.2, -0.15) is 0 Å². The third-order valence-corrected chi connectivity index (χ3v) is 5.61. The molecule has 0 amide bonds. The van der Waals surface area contributed by atoms with E-state index in [1.807, 2.05) is 24.3 Å². The molecule has 1 atom stereocenters. The molecule has 102 valence electrons. The summed E-state index contributed by atoms with van der Waals surface area (Å²) in [7, 11) is 0. The van der Waals surface area contributed by atoms with Gasteiger partial charge < -0.3 is 5.32 Å². The lowest BCUT2D eigenvalue weighted by atomic mass is 10.0. The molecular formula is C14H14BrCl2NS. The fourth-order valence-electron chi connectivity index (χ4n) is 1.95. The number of halogens is 3. The number of hydrogen-bond donors (Lipinski definition) is 1. The summed E-state index contributed by atoms with van der Waals surface area (Å²) >= 11 is 17.3. The van der Waals surface area contributed by atoms with Crippen molar-refractivity contribution in [3.8, 4) is 0 Å². The molecule has 2 rings (SSSR count). The molecule has 0 radical (unpaired) electrons. The van der Waals surface area contributed by atoms with Gasteiger partial charge in [0.25, 0.3) is 0 Å². The first-order valence-corrected chi connectivity index (χ1v) is 8.39. The quantitative estimate of drug-likeness (QED) is 0.702. The number of benzene rings is 1. The van der Waals surface area contributed by atoms with Crippen molar-refractivity contribution in [1.82, 2.24) is 5.32 Å². The minimum absolute atomic E-state index is 0.261. The van der Waals surface area contributed by atoms with Crippen LogP contribution in [0.25, 0.3) is 0 Å². The number of nitrogens with one attached hydrogen (secondary N) is 1. The second kappa shape index (κ2) is 7.09. The smallest absolute Gasteiger partial charge is 0.0887 e. The fourth-order valence-corrected chi connectivity index (χ4v) is 3.99. The van der Waals surface area contributed by atoms with Gasteiger partial charge in [-0.25, -0.2) is 0 Å². The normalized spacial score (nSPS) is 12.6. The minimum atomic E-state index is 0.261. The monoisotopic (exact) mass is 377 g/mol. The van der Waals surface area contributed by atoms with Crippen LogP contribution in [0.4, 0.5) is 0 Å². The van der Waals surface area contributed by atoms with Crippen molar-refractivity contribution in [3.63, 3.8) is 0 Å². The molecule has 5 heteroatoms. The molecule has 1 nitrogen and oxygen atoms in total. The van der Waals surface area contributed by atoms with Crippen LogP contribution in [0.3, 0.4) is 0 Å². The summed E-state index contributed by atoms with van der Waals surface area (Å²) < 4.78 is 0.984. The van der Waals surface area contributed by atoms with Gasteiger partial charge in [-0.3, -0.25) is 0 Å². The lowest BCUT2D eigenvalue weighted by molar-refractivity contribution is 0.558. The molecule has 0 aliphatic carbocycles. The SMILES string of the molecule is CCNC(Cc1cccc(Cl)c1)c1cc(Cl)c(Br)s1. The van der Waals surface area contributed by atoms with E-state index in [1.165, 1.54) is 10.4 Å². The Bertz CT molecular complexity index is 537. The molecule has 1 aromatic carbocycles. The fraction of sp³-hybridized carbons (Fsp3) is 0.286. The van der Waals surface area contributed by atoms with Crippen LogP contribution in [-0.4, -0.2) is 6.54 Å². The van der Waals surface area contributed by atoms with Crippen LogP contribution in [-0.2, 0) is 6.42 Å². The van der Waals surface area contributed by atoms with Gasteiger partial charge in [-0.05, 0) is 52.7 Å². The third-order valence-electron chi connectivity index (χ3n) is 2.79. The van der Waals surface area contributed by atoms with Crippen molar-refractivity contribution in [2.24, 2.45) is 0 Å². The third kappa shape index (κ3) is 4.20. The minimum Gasteiger partial charge on any atom is -0.309 e. The molecule has 0 aliphatic rings. The molecule has 19 heavy (non-hydrogen) atoms. The largest absolute Gasteiger partial charge is 0.309 e. The highest BCUT2D eigenvalue weighted by Crippen LogP contribution is 2.36. The number of thiophene rings is 1. The molecule has 0 aliphatic heterocycles. The van der Waals surface area contributed by atoms with Gasteiger partial charge in [0.15, 0.2) is 0 Å². The Morgan fingerprint density at radius 3 is 2.68 bits per heavy atom. The highest BCUT2D eigenvalue weighted by Gasteiger charge is 2.15. The summed E-state index contributed by atoms with van der Waals surface area (Å²) in [5.74, 6) is 0. The lowest BCUT2D eigenvalue weighted by Gasteiger charge is -2.16. The van der Waals surface area contributed by atoms with Crippen LogP contribution in [0.1, 0.15) is 23.4 Å². The average molecular weight is 379 g/mol. The van der Waals surface area contributed by atoms with E-state index in [4.69, 9.17) is 23.2 Å². The molecule has 1 N–H and O–H groups in total. The van der Waals surface area contributed by atoms with Crippen molar-refractivity contribution < 1.29 is 0 Å². The Kier molecular flexibility index (Phi) is 5.72. The standard InChI is InChI=1S/C14H14BrCl2NS/c1-2-18-12(13-8-11(17)14(15)19-13)7-9-4-3-5-10(16)6-9/h3-6,8,12,18H,2,7H2,1H3. The molecule has 0 saturated carbocycles. The van der Waals surface area contributed by atoms with Crippen LogP contribution < -0.4 is 5.32 Å². The van der Waals surface area contributed by atoms with Gasteiger partial charge in [0.2, 0.25) is 0 Å². The summed E-state index contributed by atoms with van der Waals surface area (Å²) in [5, 5.41) is 5.04. The Hall–Kier alpha value is -0.0600. The maximum Gasteiger partial charge on any atom is 0.0887 e. The van der Waals surface area contributed by atoms with E-state index >= 15 is 0 Å². The Balaban J connectivity index is 2.20. The average Bonchev–Trinajstić information content (AvgIpc) is 2.69. The first-order valence-electron chi connectivity index (χ1n) is 6.02. The molecule has 1 unspecified atom stereocenters. The lowest BCUT2D eigenvalue weighted by Crippen LogP contribution is -2.22.